The number of carboxylic acid groups (broad SMARTS) is 1. The number of hydrogen-bond acceptors (Lipinski definition) is 4. The van der Waals surface area contributed by atoms with Gasteiger partial charge in [0.2, 0.25) is 0 Å². The van der Waals surface area contributed by atoms with E-state index in [1.54, 1.807) is 6.92 Å². The first kappa shape index (κ1) is 15.2. The molecule has 8 heteroatoms. The lowest BCUT2D eigenvalue weighted by Crippen LogP contribution is -2.42. The van der Waals surface area contributed by atoms with Gasteiger partial charge in [0.25, 0.3) is 11.6 Å². The van der Waals surface area contributed by atoms with Crippen LogP contribution in [0.25, 0.3) is 0 Å². The number of carbonyl (C=O) groups is 2. The molecule has 0 saturated carbocycles. The molecule has 0 aliphatic carbocycles. The summed E-state index contributed by atoms with van der Waals surface area (Å²) in [6, 6.07) is 2.75. The average molecular weight is 313 g/mol. The van der Waals surface area contributed by atoms with E-state index in [0.717, 1.165) is 6.07 Å². The molecule has 0 spiro atoms. The quantitative estimate of drug-likeness (QED) is 0.681. The third-order valence-corrected chi connectivity index (χ3v) is 3.91. The topological polar surface area (TPSA) is 101 Å². The molecule has 0 bridgehead atoms. The fourth-order valence-electron chi connectivity index (χ4n) is 2.51. The third-order valence-electron chi connectivity index (χ3n) is 3.61. The molecule has 2 rings (SSSR count). The third kappa shape index (κ3) is 2.82. The minimum Gasteiger partial charge on any atom is -0.480 e. The maximum absolute atomic E-state index is 12.4. The van der Waals surface area contributed by atoms with Gasteiger partial charge in [-0.25, -0.2) is 4.79 Å². The van der Waals surface area contributed by atoms with Crippen LogP contribution < -0.4 is 0 Å². The Labute approximate surface area is 125 Å². The van der Waals surface area contributed by atoms with Crippen LogP contribution in [0.1, 0.15) is 23.7 Å². The second kappa shape index (κ2) is 5.69. The highest BCUT2D eigenvalue weighted by molar-refractivity contribution is 6.33. The van der Waals surface area contributed by atoms with Crippen LogP contribution in [0.15, 0.2) is 18.2 Å². The standard InChI is InChI=1S/C13H13ClN2O5/c1-7-4-5-15(11(7)13(18)19)12(17)8-2-3-10(16(20)21)9(14)6-8/h2-3,6-7,11H,4-5H2,1H3,(H,18,19). The van der Waals surface area contributed by atoms with Gasteiger partial charge >= 0.3 is 5.97 Å². The van der Waals surface area contributed by atoms with Crippen LogP contribution in [0.5, 0.6) is 0 Å². The van der Waals surface area contributed by atoms with Crippen molar-refractivity contribution in [1.29, 1.82) is 0 Å². The summed E-state index contributed by atoms with van der Waals surface area (Å²) in [6.07, 6.45) is 0.601. The maximum Gasteiger partial charge on any atom is 0.326 e. The highest BCUT2D eigenvalue weighted by Gasteiger charge is 2.39. The number of hydrogen-bond donors (Lipinski definition) is 1. The average Bonchev–Trinajstić information content (AvgIpc) is 2.79. The van der Waals surface area contributed by atoms with Gasteiger partial charge in [0.1, 0.15) is 11.1 Å². The van der Waals surface area contributed by atoms with Crippen LogP contribution >= 0.6 is 11.6 Å². The van der Waals surface area contributed by atoms with Crippen molar-refractivity contribution in [1.82, 2.24) is 4.90 Å². The molecule has 2 unspecified atom stereocenters. The number of benzene rings is 1. The summed E-state index contributed by atoms with van der Waals surface area (Å²) in [7, 11) is 0. The van der Waals surface area contributed by atoms with E-state index in [4.69, 9.17) is 11.6 Å². The van der Waals surface area contributed by atoms with Crippen molar-refractivity contribution < 1.29 is 19.6 Å². The maximum atomic E-state index is 12.4. The summed E-state index contributed by atoms with van der Waals surface area (Å²) >= 11 is 5.77. The fraction of sp³-hybridized carbons (Fsp3) is 0.385. The molecule has 1 aromatic rings. The van der Waals surface area contributed by atoms with Gasteiger partial charge < -0.3 is 10.0 Å². The minimum absolute atomic E-state index is 0.139. The smallest absolute Gasteiger partial charge is 0.326 e. The summed E-state index contributed by atoms with van der Waals surface area (Å²) in [5.74, 6) is -1.68. The number of amides is 1. The first-order valence-corrected chi connectivity index (χ1v) is 6.68. The van der Waals surface area contributed by atoms with Gasteiger partial charge in [-0.3, -0.25) is 14.9 Å². The molecule has 1 fully saturated rings. The van der Waals surface area contributed by atoms with Crippen molar-refractivity contribution in [3.63, 3.8) is 0 Å². The lowest BCUT2D eigenvalue weighted by molar-refractivity contribution is -0.384. The van der Waals surface area contributed by atoms with E-state index in [1.165, 1.54) is 17.0 Å². The fourth-order valence-corrected chi connectivity index (χ4v) is 2.75. The van der Waals surface area contributed by atoms with Crippen LogP contribution in [-0.4, -0.2) is 39.4 Å². The van der Waals surface area contributed by atoms with Gasteiger partial charge in [-0.1, -0.05) is 18.5 Å². The first-order chi connectivity index (χ1) is 9.82. The zero-order valence-corrected chi connectivity index (χ0v) is 11.9. The van der Waals surface area contributed by atoms with Crippen LogP contribution in [-0.2, 0) is 4.79 Å². The Kier molecular flexibility index (Phi) is 4.13. The predicted molar refractivity (Wildman–Crippen MR) is 74.3 cm³/mol. The van der Waals surface area contributed by atoms with Crippen LogP contribution in [0.3, 0.4) is 0 Å². The van der Waals surface area contributed by atoms with E-state index in [0.29, 0.717) is 13.0 Å². The molecular formula is C13H13ClN2O5. The molecule has 1 aliphatic rings. The minimum atomic E-state index is -1.05. The summed E-state index contributed by atoms with van der Waals surface area (Å²) < 4.78 is 0. The molecular weight excluding hydrogens is 300 g/mol. The Morgan fingerprint density at radius 2 is 2.14 bits per heavy atom. The molecule has 1 aromatic carbocycles. The second-order valence-corrected chi connectivity index (χ2v) is 5.38. The lowest BCUT2D eigenvalue weighted by atomic mass is 10.0. The van der Waals surface area contributed by atoms with Gasteiger partial charge in [-0.05, 0) is 24.5 Å². The number of likely N-dealkylation sites (tertiary alicyclic amines) is 1. The number of halogens is 1. The number of aliphatic carboxylic acids is 1. The first-order valence-electron chi connectivity index (χ1n) is 6.30. The van der Waals surface area contributed by atoms with Crippen LogP contribution in [0.2, 0.25) is 5.02 Å². The zero-order chi connectivity index (χ0) is 15.7. The molecule has 0 radical (unpaired) electrons. The van der Waals surface area contributed by atoms with Gasteiger partial charge in [0, 0.05) is 18.2 Å². The van der Waals surface area contributed by atoms with Crippen LogP contribution in [0.4, 0.5) is 5.69 Å². The number of nitrogens with zero attached hydrogens (tertiary/aromatic N) is 2. The second-order valence-electron chi connectivity index (χ2n) is 4.97. The Hall–Kier alpha value is -2.15. The Morgan fingerprint density at radius 1 is 1.48 bits per heavy atom. The molecule has 1 heterocycles. The van der Waals surface area contributed by atoms with Gasteiger partial charge in [-0.15, -0.1) is 0 Å². The summed E-state index contributed by atoms with van der Waals surface area (Å²) in [6.45, 7) is 2.11. The van der Waals surface area contributed by atoms with Crippen LogP contribution in [0, 0.1) is 16.0 Å². The normalized spacial score (nSPS) is 21.3. The van der Waals surface area contributed by atoms with E-state index in [1.807, 2.05) is 0 Å². The molecule has 7 nitrogen and oxygen atoms in total. The SMILES string of the molecule is CC1CCN(C(=O)c2ccc([N+](=O)[O-])c(Cl)c2)C1C(=O)O. The number of nitro groups is 1. The summed E-state index contributed by atoms with van der Waals surface area (Å²) in [5, 5.41) is 19.8. The Bertz CT molecular complexity index is 619. The van der Waals surface area contributed by atoms with E-state index in [9.17, 15) is 24.8 Å². The van der Waals surface area contributed by atoms with Gasteiger partial charge in [0.05, 0.1) is 4.92 Å². The Morgan fingerprint density at radius 3 is 2.67 bits per heavy atom. The van der Waals surface area contributed by atoms with Crippen molar-refractivity contribution in [2.45, 2.75) is 19.4 Å². The number of carbonyl (C=O) groups excluding carboxylic acids is 1. The van der Waals surface area contributed by atoms with Crippen molar-refractivity contribution >= 4 is 29.2 Å². The highest BCUT2D eigenvalue weighted by Crippen LogP contribution is 2.29. The monoisotopic (exact) mass is 312 g/mol. The number of carboxylic acids is 1. The van der Waals surface area contributed by atoms with E-state index < -0.39 is 22.8 Å². The predicted octanol–water partition coefficient (Wildman–Crippen LogP) is 2.18. The van der Waals surface area contributed by atoms with Gasteiger partial charge in [0.15, 0.2) is 0 Å². The van der Waals surface area contributed by atoms with Crippen molar-refractivity contribution in [2.75, 3.05) is 6.54 Å². The Balaban J connectivity index is 2.30. The molecule has 1 amide bonds. The van der Waals surface area contributed by atoms with E-state index in [-0.39, 0.29) is 22.2 Å². The zero-order valence-electron chi connectivity index (χ0n) is 11.2. The van der Waals surface area contributed by atoms with Crippen molar-refractivity contribution in [3.05, 3.63) is 38.9 Å². The summed E-state index contributed by atoms with van der Waals surface area (Å²) in [4.78, 5) is 34.9. The van der Waals surface area contributed by atoms with E-state index >= 15 is 0 Å². The van der Waals surface area contributed by atoms with E-state index in [2.05, 4.69) is 0 Å². The highest BCUT2D eigenvalue weighted by atomic mass is 35.5. The molecule has 21 heavy (non-hydrogen) atoms. The number of nitro benzene ring substituents is 1. The molecule has 1 saturated heterocycles. The lowest BCUT2D eigenvalue weighted by Gasteiger charge is -2.23. The van der Waals surface area contributed by atoms with Crippen molar-refractivity contribution in [3.8, 4) is 0 Å². The summed E-state index contributed by atoms with van der Waals surface area (Å²) in [5.41, 5.74) is -0.149. The van der Waals surface area contributed by atoms with Crippen molar-refractivity contribution in [2.24, 2.45) is 5.92 Å². The molecule has 1 aliphatic heterocycles. The number of rotatable bonds is 3. The molecule has 112 valence electrons. The van der Waals surface area contributed by atoms with Gasteiger partial charge in [-0.2, -0.15) is 0 Å². The molecule has 1 N–H and O–H groups in total. The molecule has 0 aromatic heterocycles. The largest absolute Gasteiger partial charge is 0.480 e. The molecule has 2 atom stereocenters.